The van der Waals surface area contributed by atoms with Crippen LogP contribution in [0.5, 0.6) is 5.75 Å². The van der Waals surface area contributed by atoms with Gasteiger partial charge in [-0.05, 0) is 53.9 Å². The fraction of sp³-hybridized carbons (Fsp3) is 0.250. The highest BCUT2D eigenvalue weighted by Gasteiger charge is 2.26. The number of nitrogens with zero attached hydrogens (tertiary/aromatic N) is 2. The van der Waals surface area contributed by atoms with Gasteiger partial charge in [0.05, 0.1) is 35.5 Å². The summed E-state index contributed by atoms with van der Waals surface area (Å²) >= 11 is 0. The van der Waals surface area contributed by atoms with Crippen molar-refractivity contribution in [1.29, 1.82) is 0 Å². The van der Waals surface area contributed by atoms with Crippen LogP contribution in [0.15, 0.2) is 65.6 Å². The minimum absolute atomic E-state index is 0.0264. The van der Waals surface area contributed by atoms with Gasteiger partial charge in [0.1, 0.15) is 23.9 Å². The van der Waals surface area contributed by atoms with Crippen molar-refractivity contribution in [3.8, 4) is 17.1 Å². The van der Waals surface area contributed by atoms with Crippen LogP contribution in [-0.4, -0.2) is 54.4 Å². The highest BCUT2D eigenvalue weighted by molar-refractivity contribution is 5.99. The highest BCUT2D eigenvalue weighted by atomic mass is 16.4. The first kappa shape index (κ1) is 25.1. The first-order valence-corrected chi connectivity index (χ1v) is 12.2. The molecule has 5 N–H and O–H groups in total. The fourth-order valence-corrected chi connectivity index (χ4v) is 4.76. The third kappa shape index (κ3) is 4.61. The second-order valence-corrected chi connectivity index (χ2v) is 9.63. The third-order valence-corrected chi connectivity index (χ3v) is 6.80. The van der Waals surface area contributed by atoms with Crippen LogP contribution in [0.2, 0.25) is 0 Å². The molecule has 5 aromatic rings. The summed E-state index contributed by atoms with van der Waals surface area (Å²) in [4.78, 5) is 33.0. The predicted molar refractivity (Wildman–Crippen MR) is 141 cm³/mol. The van der Waals surface area contributed by atoms with E-state index >= 15 is 0 Å². The zero-order valence-corrected chi connectivity index (χ0v) is 20.9. The number of carboxylic acids is 1. The number of H-pyrrole nitrogens is 1. The van der Waals surface area contributed by atoms with E-state index in [1.165, 1.54) is 0 Å². The highest BCUT2D eigenvalue weighted by Crippen LogP contribution is 2.32. The topological polar surface area (TPSA) is 154 Å². The number of aromatic amines is 1. The number of hydrogen-bond acceptors (Lipinski definition) is 6. The number of amides is 1. The Morgan fingerprint density at radius 1 is 1.16 bits per heavy atom. The maximum Gasteiger partial charge on any atom is 0.326 e. The van der Waals surface area contributed by atoms with E-state index in [4.69, 9.17) is 9.40 Å². The van der Waals surface area contributed by atoms with Crippen LogP contribution in [0.3, 0.4) is 0 Å². The van der Waals surface area contributed by atoms with E-state index in [0.717, 1.165) is 16.6 Å². The molecule has 2 atom stereocenters. The van der Waals surface area contributed by atoms with E-state index in [-0.39, 0.29) is 36.3 Å². The van der Waals surface area contributed by atoms with Gasteiger partial charge in [-0.15, -0.1) is 0 Å². The molecule has 10 heteroatoms. The molecule has 0 saturated heterocycles. The average molecular weight is 517 g/mol. The number of phenolic OH excluding ortho intramolecular Hbond substituents is 1. The maximum absolute atomic E-state index is 13.2. The van der Waals surface area contributed by atoms with Gasteiger partial charge in [-0.3, -0.25) is 4.79 Å². The standard InChI is InChI=1S/C28H28N4O6/c1-15(2)25(13-33)32-24-6-3-16(9-22(24)30-26(32)17-7-8-38-14-17)27(35)31-23(28(36)37)10-18-12-29-21-5-4-19(34)11-20(18)21/h3-9,11-12,14-15,23,25,29,33-34H,10,13H2,1-2H3,(H,31,35)(H,36,37)/t23-,25?/m0/s1. The van der Waals surface area contributed by atoms with Gasteiger partial charge in [-0.1, -0.05) is 13.8 Å². The molecule has 5 rings (SSSR count). The number of aromatic hydroxyl groups is 1. The summed E-state index contributed by atoms with van der Waals surface area (Å²) in [5.41, 5.74) is 3.68. The largest absolute Gasteiger partial charge is 0.508 e. The molecular formula is C28H28N4O6. The van der Waals surface area contributed by atoms with Crippen molar-refractivity contribution in [3.63, 3.8) is 0 Å². The molecule has 38 heavy (non-hydrogen) atoms. The molecule has 0 radical (unpaired) electrons. The smallest absolute Gasteiger partial charge is 0.326 e. The number of furan rings is 1. The number of carbonyl (C=O) groups excluding carboxylic acids is 1. The van der Waals surface area contributed by atoms with E-state index in [9.17, 15) is 24.9 Å². The van der Waals surface area contributed by atoms with Gasteiger partial charge < -0.3 is 34.6 Å². The van der Waals surface area contributed by atoms with Crippen LogP contribution in [0.1, 0.15) is 35.8 Å². The number of nitrogens with one attached hydrogen (secondary N) is 2. The lowest BCUT2D eigenvalue weighted by atomic mass is 10.0. The zero-order chi connectivity index (χ0) is 27.0. The van der Waals surface area contributed by atoms with Crippen LogP contribution >= 0.6 is 0 Å². The lowest BCUT2D eigenvalue weighted by Crippen LogP contribution is -2.42. The van der Waals surface area contributed by atoms with E-state index in [2.05, 4.69) is 10.3 Å². The Kier molecular flexibility index (Phi) is 6.64. The Bertz CT molecular complexity index is 1620. The van der Waals surface area contributed by atoms with Gasteiger partial charge in [0.2, 0.25) is 0 Å². The number of imidazole rings is 1. The number of carbonyl (C=O) groups is 2. The molecule has 10 nitrogen and oxygen atoms in total. The summed E-state index contributed by atoms with van der Waals surface area (Å²) in [6.45, 7) is 3.92. The summed E-state index contributed by atoms with van der Waals surface area (Å²) in [5, 5.41) is 33.1. The molecule has 0 spiro atoms. The van der Waals surface area contributed by atoms with Crippen molar-refractivity contribution >= 4 is 33.8 Å². The molecule has 0 aliphatic heterocycles. The first-order valence-electron chi connectivity index (χ1n) is 12.2. The quantitative estimate of drug-likeness (QED) is 0.198. The van der Waals surface area contributed by atoms with Crippen molar-refractivity contribution in [1.82, 2.24) is 19.9 Å². The molecule has 0 bridgehead atoms. The number of carboxylic acid groups (broad SMARTS) is 1. The molecule has 1 amide bonds. The van der Waals surface area contributed by atoms with Gasteiger partial charge in [-0.25, -0.2) is 9.78 Å². The Hall–Kier alpha value is -4.57. The Morgan fingerprint density at radius 2 is 1.97 bits per heavy atom. The zero-order valence-electron chi connectivity index (χ0n) is 20.9. The molecule has 3 heterocycles. The number of fused-ring (bicyclic) bond motifs is 2. The molecule has 1 unspecified atom stereocenters. The molecule has 196 valence electrons. The summed E-state index contributed by atoms with van der Waals surface area (Å²) in [6.07, 6.45) is 4.82. The normalized spacial score (nSPS) is 13.3. The van der Waals surface area contributed by atoms with E-state index in [0.29, 0.717) is 22.3 Å². The lowest BCUT2D eigenvalue weighted by Gasteiger charge is -2.23. The molecule has 3 aromatic heterocycles. The van der Waals surface area contributed by atoms with Crippen molar-refractivity contribution in [2.24, 2.45) is 5.92 Å². The van der Waals surface area contributed by atoms with Crippen LogP contribution in [0, 0.1) is 5.92 Å². The lowest BCUT2D eigenvalue weighted by molar-refractivity contribution is -0.139. The summed E-state index contributed by atoms with van der Waals surface area (Å²) in [5.74, 6) is -0.955. The Morgan fingerprint density at radius 3 is 2.66 bits per heavy atom. The molecular weight excluding hydrogens is 488 g/mol. The Labute approximate surface area is 217 Å². The van der Waals surface area contributed by atoms with Crippen LogP contribution in [0.25, 0.3) is 33.3 Å². The monoisotopic (exact) mass is 516 g/mol. The van der Waals surface area contributed by atoms with E-state index in [1.54, 1.807) is 61.2 Å². The van der Waals surface area contributed by atoms with E-state index in [1.807, 2.05) is 18.4 Å². The number of rotatable bonds is 9. The predicted octanol–water partition coefficient (Wildman–Crippen LogP) is 4.10. The summed E-state index contributed by atoms with van der Waals surface area (Å²) in [7, 11) is 0. The van der Waals surface area contributed by atoms with Crippen LogP contribution in [-0.2, 0) is 11.2 Å². The summed E-state index contributed by atoms with van der Waals surface area (Å²) in [6, 6.07) is 10.1. The number of aliphatic carboxylic acids is 1. The summed E-state index contributed by atoms with van der Waals surface area (Å²) < 4.78 is 7.19. The molecule has 0 saturated carbocycles. The number of hydrogen-bond donors (Lipinski definition) is 5. The number of aromatic nitrogens is 3. The first-order chi connectivity index (χ1) is 18.3. The third-order valence-electron chi connectivity index (χ3n) is 6.80. The van der Waals surface area contributed by atoms with Gasteiger partial charge in [0.15, 0.2) is 0 Å². The second kappa shape index (κ2) is 10.1. The second-order valence-electron chi connectivity index (χ2n) is 9.63. The number of aliphatic hydroxyl groups excluding tert-OH is 1. The van der Waals surface area contributed by atoms with Crippen LogP contribution in [0.4, 0.5) is 0 Å². The van der Waals surface area contributed by atoms with Gasteiger partial charge >= 0.3 is 5.97 Å². The van der Waals surface area contributed by atoms with E-state index < -0.39 is 17.9 Å². The minimum atomic E-state index is -1.20. The SMILES string of the molecule is CC(C)C(CO)n1c(-c2ccoc2)nc2cc(C(=O)N[C@@H](Cc3c[nH]c4ccc(O)cc34)C(=O)O)ccc21. The van der Waals surface area contributed by atoms with Gasteiger partial charge in [0.25, 0.3) is 5.91 Å². The molecule has 2 aromatic carbocycles. The molecule has 0 aliphatic rings. The number of aliphatic hydroxyl groups is 1. The Balaban J connectivity index is 1.46. The molecule has 0 fully saturated rings. The average Bonchev–Trinajstić information content (AvgIpc) is 3.63. The number of phenols is 1. The van der Waals surface area contributed by atoms with Gasteiger partial charge in [-0.2, -0.15) is 0 Å². The molecule has 0 aliphatic carbocycles. The number of benzene rings is 2. The van der Waals surface area contributed by atoms with Crippen LogP contribution < -0.4 is 5.32 Å². The fourth-order valence-electron chi connectivity index (χ4n) is 4.76. The van der Waals surface area contributed by atoms with Crippen molar-refractivity contribution in [2.45, 2.75) is 32.4 Å². The van der Waals surface area contributed by atoms with Crippen molar-refractivity contribution < 1.29 is 29.3 Å². The van der Waals surface area contributed by atoms with Crippen molar-refractivity contribution in [2.75, 3.05) is 6.61 Å². The maximum atomic E-state index is 13.2. The van der Waals surface area contributed by atoms with Crippen molar-refractivity contribution in [3.05, 3.63) is 72.3 Å². The van der Waals surface area contributed by atoms with Gasteiger partial charge in [0, 0.05) is 29.1 Å². The minimum Gasteiger partial charge on any atom is -0.508 e.